The molecule has 120 valence electrons. The first-order chi connectivity index (χ1) is 11.7. The van der Waals surface area contributed by atoms with Crippen LogP contribution in [0.25, 0.3) is 10.9 Å². The summed E-state index contributed by atoms with van der Waals surface area (Å²) in [6.07, 6.45) is 1.93. The smallest absolute Gasteiger partial charge is 0.229 e. The summed E-state index contributed by atoms with van der Waals surface area (Å²) in [5, 5.41) is 10.7. The standard InChI is InChI=1S/C18H16N4O2/c23-16-9-13(11-22(16)14-6-2-1-3-7-14)18(24)20-15-8-4-5-12-10-19-21-17(12)15/h1-8,10,13H,9,11H2,(H,19,21)(H,20,24). The van der Waals surface area contributed by atoms with Gasteiger partial charge in [-0.2, -0.15) is 5.10 Å². The Labute approximate surface area is 138 Å². The molecule has 1 unspecified atom stereocenters. The third-order valence-electron chi connectivity index (χ3n) is 4.30. The normalized spacial score (nSPS) is 17.4. The third kappa shape index (κ3) is 2.52. The number of aromatic amines is 1. The maximum Gasteiger partial charge on any atom is 0.229 e. The van der Waals surface area contributed by atoms with Gasteiger partial charge in [-0.25, -0.2) is 0 Å². The van der Waals surface area contributed by atoms with Crippen LogP contribution in [0.15, 0.2) is 54.7 Å². The average molecular weight is 320 g/mol. The van der Waals surface area contributed by atoms with E-state index in [9.17, 15) is 9.59 Å². The van der Waals surface area contributed by atoms with E-state index in [1.165, 1.54) is 0 Å². The van der Waals surface area contributed by atoms with Gasteiger partial charge in [0.15, 0.2) is 0 Å². The van der Waals surface area contributed by atoms with Crippen LogP contribution in [0.4, 0.5) is 11.4 Å². The van der Waals surface area contributed by atoms with Crippen LogP contribution in [0.1, 0.15) is 6.42 Å². The first-order valence-corrected chi connectivity index (χ1v) is 7.81. The Hall–Kier alpha value is -3.15. The van der Waals surface area contributed by atoms with Gasteiger partial charge in [-0.05, 0) is 18.2 Å². The van der Waals surface area contributed by atoms with Gasteiger partial charge in [0.05, 0.1) is 23.3 Å². The van der Waals surface area contributed by atoms with E-state index >= 15 is 0 Å². The van der Waals surface area contributed by atoms with Gasteiger partial charge < -0.3 is 10.2 Å². The van der Waals surface area contributed by atoms with Gasteiger partial charge in [-0.1, -0.05) is 30.3 Å². The molecule has 3 aromatic rings. The number of benzene rings is 2. The molecule has 2 aromatic carbocycles. The highest BCUT2D eigenvalue weighted by molar-refractivity contribution is 6.06. The van der Waals surface area contributed by atoms with E-state index in [2.05, 4.69) is 15.5 Å². The number of rotatable bonds is 3. The molecule has 1 aliphatic rings. The maximum absolute atomic E-state index is 12.6. The number of fused-ring (bicyclic) bond motifs is 1. The van der Waals surface area contributed by atoms with Gasteiger partial charge in [0.1, 0.15) is 0 Å². The fraction of sp³-hybridized carbons (Fsp3) is 0.167. The molecule has 1 atom stereocenters. The molecular weight excluding hydrogens is 304 g/mol. The number of nitrogens with zero attached hydrogens (tertiary/aromatic N) is 2. The van der Waals surface area contributed by atoms with Crippen molar-refractivity contribution in [2.75, 3.05) is 16.8 Å². The second-order valence-corrected chi connectivity index (χ2v) is 5.87. The molecule has 2 amide bonds. The molecule has 6 nitrogen and oxygen atoms in total. The van der Waals surface area contributed by atoms with Crippen molar-refractivity contribution in [2.45, 2.75) is 6.42 Å². The topological polar surface area (TPSA) is 78.1 Å². The monoisotopic (exact) mass is 320 g/mol. The molecule has 0 spiro atoms. The highest BCUT2D eigenvalue weighted by Gasteiger charge is 2.35. The zero-order valence-corrected chi connectivity index (χ0v) is 12.9. The van der Waals surface area contributed by atoms with Crippen molar-refractivity contribution in [3.63, 3.8) is 0 Å². The number of anilines is 2. The average Bonchev–Trinajstić information content (AvgIpc) is 3.23. The minimum Gasteiger partial charge on any atom is -0.324 e. The largest absolute Gasteiger partial charge is 0.324 e. The van der Waals surface area contributed by atoms with Gasteiger partial charge in [-0.3, -0.25) is 14.7 Å². The van der Waals surface area contributed by atoms with E-state index in [-0.39, 0.29) is 24.2 Å². The van der Waals surface area contributed by atoms with E-state index in [1.807, 2.05) is 48.5 Å². The van der Waals surface area contributed by atoms with Gasteiger partial charge in [0.2, 0.25) is 11.8 Å². The molecule has 0 aliphatic carbocycles. The van der Waals surface area contributed by atoms with Gasteiger partial charge in [-0.15, -0.1) is 0 Å². The summed E-state index contributed by atoms with van der Waals surface area (Å²) < 4.78 is 0. The van der Waals surface area contributed by atoms with Crippen LogP contribution < -0.4 is 10.2 Å². The molecular formula is C18H16N4O2. The lowest BCUT2D eigenvalue weighted by Gasteiger charge is -2.16. The van der Waals surface area contributed by atoms with Crippen molar-refractivity contribution in [2.24, 2.45) is 5.92 Å². The van der Waals surface area contributed by atoms with Crippen molar-refractivity contribution < 1.29 is 9.59 Å². The van der Waals surface area contributed by atoms with E-state index < -0.39 is 0 Å². The quantitative estimate of drug-likeness (QED) is 0.778. The van der Waals surface area contributed by atoms with Crippen LogP contribution in [0.5, 0.6) is 0 Å². The lowest BCUT2D eigenvalue weighted by atomic mass is 10.1. The second kappa shape index (κ2) is 5.81. The highest BCUT2D eigenvalue weighted by atomic mass is 16.2. The predicted octanol–water partition coefficient (Wildman–Crippen LogP) is 2.55. The lowest BCUT2D eigenvalue weighted by molar-refractivity contribution is -0.122. The second-order valence-electron chi connectivity index (χ2n) is 5.87. The number of hydrogen-bond acceptors (Lipinski definition) is 3. The van der Waals surface area contributed by atoms with Crippen molar-refractivity contribution in [1.29, 1.82) is 0 Å². The molecule has 0 saturated carbocycles. The molecule has 4 rings (SSSR count). The number of para-hydroxylation sites is 2. The Balaban J connectivity index is 1.52. The van der Waals surface area contributed by atoms with Crippen LogP contribution >= 0.6 is 0 Å². The SMILES string of the molecule is O=C(Nc1cccc2cn[nH]c12)C1CC(=O)N(c2ccccc2)C1. The van der Waals surface area contributed by atoms with Crippen LogP contribution in [0.3, 0.4) is 0 Å². The highest BCUT2D eigenvalue weighted by Crippen LogP contribution is 2.27. The molecule has 1 fully saturated rings. The van der Waals surface area contributed by atoms with E-state index in [0.717, 1.165) is 16.6 Å². The van der Waals surface area contributed by atoms with Gasteiger partial charge >= 0.3 is 0 Å². The fourth-order valence-corrected chi connectivity index (χ4v) is 3.05. The van der Waals surface area contributed by atoms with Crippen molar-refractivity contribution in [3.05, 3.63) is 54.7 Å². The predicted molar refractivity (Wildman–Crippen MR) is 91.6 cm³/mol. The Kier molecular flexibility index (Phi) is 3.49. The Morgan fingerprint density at radius 1 is 1.17 bits per heavy atom. The number of nitrogens with one attached hydrogen (secondary N) is 2. The number of hydrogen-bond donors (Lipinski definition) is 2. The molecule has 2 heterocycles. The van der Waals surface area contributed by atoms with Gasteiger partial charge in [0.25, 0.3) is 0 Å². The number of amides is 2. The summed E-state index contributed by atoms with van der Waals surface area (Å²) in [6, 6.07) is 15.0. The summed E-state index contributed by atoms with van der Waals surface area (Å²) in [5.41, 5.74) is 2.30. The van der Waals surface area contributed by atoms with Crippen LogP contribution in [0, 0.1) is 5.92 Å². The Morgan fingerprint density at radius 3 is 2.83 bits per heavy atom. The Morgan fingerprint density at radius 2 is 2.00 bits per heavy atom. The van der Waals surface area contributed by atoms with Crippen LogP contribution in [-0.4, -0.2) is 28.6 Å². The first-order valence-electron chi connectivity index (χ1n) is 7.81. The minimum absolute atomic E-state index is 0.0268. The minimum atomic E-state index is -0.365. The molecule has 1 aliphatic heterocycles. The molecule has 0 radical (unpaired) electrons. The summed E-state index contributed by atoms with van der Waals surface area (Å²) in [4.78, 5) is 26.5. The van der Waals surface area contributed by atoms with E-state index in [4.69, 9.17) is 0 Å². The number of carbonyl (C=O) groups excluding carboxylic acids is 2. The summed E-state index contributed by atoms with van der Waals surface area (Å²) in [5.74, 6) is -0.541. The summed E-state index contributed by atoms with van der Waals surface area (Å²) in [7, 11) is 0. The van der Waals surface area contributed by atoms with Crippen molar-refractivity contribution in [1.82, 2.24) is 10.2 Å². The van der Waals surface area contributed by atoms with Gasteiger partial charge in [0, 0.05) is 24.0 Å². The molecule has 24 heavy (non-hydrogen) atoms. The number of carbonyl (C=O) groups is 2. The van der Waals surface area contributed by atoms with Crippen LogP contribution in [-0.2, 0) is 9.59 Å². The summed E-state index contributed by atoms with van der Waals surface area (Å²) in [6.45, 7) is 0.396. The van der Waals surface area contributed by atoms with E-state index in [1.54, 1.807) is 11.1 Å². The molecule has 1 aromatic heterocycles. The van der Waals surface area contributed by atoms with E-state index in [0.29, 0.717) is 12.2 Å². The zero-order valence-electron chi connectivity index (χ0n) is 12.9. The summed E-state index contributed by atoms with van der Waals surface area (Å²) >= 11 is 0. The van der Waals surface area contributed by atoms with Crippen molar-refractivity contribution in [3.8, 4) is 0 Å². The molecule has 6 heteroatoms. The molecule has 1 saturated heterocycles. The Bertz CT molecular complexity index is 904. The number of H-pyrrole nitrogens is 1. The van der Waals surface area contributed by atoms with Crippen molar-refractivity contribution >= 4 is 34.1 Å². The first kappa shape index (κ1) is 14.4. The molecule has 2 N–H and O–H groups in total. The van der Waals surface area contributed by atoms with Crippen LogP contribution in [0.2, 0.25) is 0 Å². The number of aromatic nitrogens is 2. The third-order valence-corrected chi connectivity index (χ3v) is 4.30. The lowest BCUT2D eigenvalue weighted by Crippen LogP contribution is -2.28. The molecule has 0 bridgehead atoms. The fourth-order valence-electron chi connectivity index (χ4n) is 3.05. The zero-order chi connectivity index (χ0) is 16.5. The maximum atomic E-state index is 12.6.